The lowest BCUT2D eigenvalue weighted by Gasteiger charge is -2.08. The van der Waals surface area contributed by atoms with Gasteiger partial charge >= 0.3 is 0 Å². The maximum Gasteiger partial charge on any atom is 0.264 e. The molecule has 6 heteroatoms. The Morgan fingerprint density at radius 1 is 0.917 bits per heavy atom. The minimum Gasteiger partial charge on any atom is -0.313 e. The quantitative estimate of drug-likeness (QED) is 0.622. The minimum absolute atomic E-state index is 0.216. The lowest BCUT2D eigenvalue weighted by atomic mass is 10.1. The number of rotatable bonds is 3. The number of aryl methyl sites for hydroxylation is 1. The van der Waals surface area contributed by atoms with E-state index in [0.29, 0.717) is 5.95 Å². The molecule has 0 unspecified atom stereocenters. The highest BCUT2D eigenvalue weighted by atomic mass is 32.2. The highest BCUT2D eigenvalue weighted by molar-refractivity contribution is 7.92. The van der Waals surface area contributed by atoms with Crippen LogP contribution >= 0.6 is 0 Å². The third-order valence-electron chi connectivity index (χ3n) is 4.04. The van der Waals surface area contributed by atoms with Crippen LogP contribution in [0.4, 0.5) is 5.95 Å². The van der Waals surface area contributed by atoms with E-state index in [-0.39, 0.29) is 4.90 Å². The van der Waals surface area contributed by atoms with Crippen molar-refractivity contribution in [2.75, 3.05) is 4.72 Å². The molecule has 0 radical (unpaired) electrons. The van der Waals surface area contributed by atoms with Crippen LogP contribution in [0.1, 0.15) is 0 Å². The summed E-state index contributed by atoms with van der Waals surface area (Å²) in [6.07, 6.45) is 0. The van der Waals surface area contributed by atoms with Crippen molar-refractivity contribution in [1.82, 2.24) is 9.55 Å². The van der Waals surface area contributed by atoms with Gasteiger partial charge < -0.3 is 4.57 Å². The fourth-order valence-corrected chi connectivity index (χ4v) is 3.82. The first-order valence-electron chi connectivity index (χ1n) is 7.48. The summed E-state index contributed by atoms with van der Waals surface area (Å²) in [5, 5.41) is 1.88. The summed E-state index contributed by atoms with van der Waals surface area (Å²) in [6, 6.07) is 20.2. The Balaban J connectivity index is 1.77. The van der Waals surface area contributed by atoms with Crippen LogP contribution in [0.3, 0.4) is 0 Å². The number of fused-ring (bicyclic) bond motifs is 2. The van der Waals surface area contributed by atoms with E-state index in [9.17, 15) is 8.42 Å². The number of imidazole rings is 1. The summed E-state index contributed by atoms with van der Waals surface area (Å²) in [4.78, 5) is 4.57. The molecule has 1 heterocycles. The lowest BCUT2D eigenvalue weighted by Crippen LogP contribution is -2.15. The van der Waals surface area contributed by atoms with E-state index >= 15 is 0 Å². The van der Waals surface area contributed by atoms with Crippen molar-refractivity contribution in [3.05, 3.63) is 66.7 Å². The summed E-state index contributed by atoms with van der Waals surface area (Å²) in [7, 11) is -1.92. The second-order valence-electron chi connectivity index (χ2n) is 5.60. The van der Waals surface area contributed by atoms with Crippen molar-refractivity contribution >= 4 is 37.8 Å². The number of hydrogen-bond acceptors (Lipinski definition) is 3. The second-order valence-corrected chi connectivity index (χ2v) is 7.28. The van der Waals surface area contributed by atoms with E-state index in [1.54, 1.807) is 29.8 Å². The molecule has 120 valence electrons. The van der Waals surface area contributed by atoms with Gasteiger partial charge in [-0.3, -0.25) is 0 Å². The van der Waals surface area contributed by atoms with E-state index in [1.165, 1.54) is 0 Å². The van der Waals surface area contributed by atoms with Crippen LogP contribution in [-0.2, 0) is 17.1 Å². The number of para-hydroxylation sites is 2. The molecule has 0 atom stereocenters. The molecule has 0 aliphatic carbocycles. The van der Waals surface area contributed by atoms with Gasteiger partial charge in [-0.25, -0.2) is 18.1 Å². The van der Waals surface area contributed by atoms with Crippen molar-refractivity contribution in [3.63, 3.8) is 0 Å². The number of nitrogens with zero attached hydrogens (tertiary/aromatic N) is 2. The Morgan fingerprint density at radius 2 is 1.62 bits per heavy atom. The molecule has 0 saturated carbocycles. The predicted molar refractivity (Wildman–Crippen MR) is 95.5 cm³/mol. The fraction of sp³-hybridized carbons (Fsp3) is 0.0556. The summed E-state index contributed by atoms with van der Waals surface area (Å²) in [6.45, 7) is 0. The van der Waals surface area contributed by atoms with E-state index in [0.717, 1.165) is 21.8 Å². The van der Waals surface area contributed by atoms with Crippen LogP contribution in [0.15, 0.2) is 71.6 Å². The Morgan fingerprint density at radius 3 is 2.42 bits per heavy atom. The highest BCUT2D eigenvalue weighted by Crippen LogP contribution is 2.23. The lowest BCUT2D eigenvalue weighted by molar-refractivity contribution is 0.600. The summed E-state index contributed by atoms with van der Waals surface area (Å²) >= 11 is 0. The molecule has 0 bridgehead atoms. The molecule has 0 aliphatic rings. The monoisotopic (exact) mass is 337 g/mol. The summed E-state index contributed by atoms with van der Waals surface area (Å²) in [5.74, 6) is 0.296. The van der Waals surface area contributed by atoms with Gasteiger partial charge in [0, 0.05) is 7.05 Å². The molecule has 1 N–H and O–H groups in total. The van der Waals surface area contributed by atoms with Crippen LogP contribution in [-0.4, -0.2) is 18.0 Å². The summed E-state index contributed by atoms with van der Waals surface area (Å²) in [5.41, 5.74) is 1.62. The first kappa shape index (κ1) is 14.7. The minimum atomic E-state index is -3.71. The Kier molecular flexibility index (Phi) is 3.28. The van der Waals surface area contributed by atoms with Crippen LogP contribution in [0.25, 0.3) is 21.8 Å². The second kappa shape index (κ2) is 5.35. The average Bonchev–Trinajstić information content (AvgIpc) is 2.90. The number of aromatic nitrogens is 2. The van der Waals surface area contributed by atoms with E-state index < -0.39 is 10.0 Å². The van der Waals surface area contributed by atoms with Crippen molar-refractivity contribution in [2.24, 2.45) is 7.05 Å². The molecule has 24 heavy (non-hydrogen) atoms. The molecule has 0 aliphatic heterocycles. The molecule has 0 fully saturated rings. The zero-order valence-corrected chi connectivity index (χ0v) is 13.8. The van der Waals surface area contributed by atoms with Crippen molar-refractivity contribution in [3.8, 4) is 0 Å². The van der Waals surface area contributed by atoms with Crippen LogP contribution in [0, 0.1) is 0 Å². The normalized spacial score (nSPS) is 11.9. The zero-order valence-electron chi connectivity index (χ0n) is 13.0. The molecular weight excluding hydrogens is 322 g/mol. The third kappa shape index (κ3) is 2.41. The molecule has 0 saturated heterocycles. The fourth-order valence-electron chi connectivity index (χ4n) is 2.75. The van der Waals surface area contributed by atoms with Gasteiger partial charge in [0.05, 0.1) is 15.9 Å². The van der Waals surface area contributed by atoms with E-state index in [2.05, 4.69) is 9.71 Å². The Bertz CT molecular complexity index is 1160. The number of anilines is 1. The summed E-state index contributed by atoms with van der Waals surface area (Å²) < 4.78 is 29.7. The van der Waals surface area contributed by atoms with Crippen LogP contribution in [0.5, 0.6) is 0 Å². The largest absolute Gasteiger partial charge is 0.313 e. The predicted octanol–water partition coefficient (Wildman–Crippen LogP) is 3.53. The van der Waals surface area contributed by atoms with Gasteiger partial charge in [0.1, 0.15) is 0 Å². The van der Waals surface area contributed by atoms with Gasteiger partial charge in [0.15, 0.2) is 0 Å². The standard InChI is InChI=1S/C18H15N3O2S/c1-21-17-9-5-4-8-16(17)19-18(21)20-24(22,23)15-11-10-13-6-2-3-7-14(13)12-15/h2-12H,1H3,(H,19,20). The van der Waals surface area contributed by atoms with Crippen LogP contribution < -0.4 is 4.72 Å². The van der Waals surface area contributed by atoms with Gasteiger partial charge in [-0.1, -0.05) is 42.5 Å². The topological polar surface area (TPSA) is 64.0 Å². The SMILES string of the molecule is Cn1c(NS(=O)(=O)c2ccc3ccccc3c2)nc2ccccc21. The molecule has 0 amide bonds. The number of benzene rings is 3. The first-order valence-corrected chi connectivity index (χ1v) is 8.96. The van der Waals surface area contributed by atoms with Crippen molar-refractivity contribution in [2.45, 2.75) is 4.90 Å². The molecule has 0 spiro atoms. The highest BCUT2D eigenvalue weighted by Gasteiger charge is 2.18. The molecular formula is C18H15N3O2S. The van der Waals surface area contributed by atoms with E-state index in [4.69, 9.17) is 0 Å². The molecule has 4 aromatic rings. The van der Waals surface area contributed by atoms with Gasteiger partial charge in [-0.2, -0.15) is 0 Å². The van der Waals surface area contributed by atoms with Gasteiger partial charge in [0.25, 0.3) is 10.0 Å². The zero-order chi connectivity index (χ0) is 16.7. The molecule has 4 rings (SSSR count). The van der Waals surface area contributed by atoms with Crippen LogP contribution in [0.2, 0.25) is 0 Å². The maximum absolute atomic E-state index is 12.7. The molecule has 3 aromatic carbocycles. The Labute approximate surface area is 139 Å². The molecule has 1 aromatic heterocycles. The van der Waals surface area contributed by atoms with Gasteiger partial charge in [-0.05, 0) is 35.0 Å². The van der Waals surface area contributed by atoms with Gasteiger partial charge in [0.2, 0.25) is 5.95 Å². The van der Waals surface area contributed by atoms with Gasteiger partial charge in [-0.15, -0.1) is 0 Å². The number of nitrogens with one attached hydrogen (secondary N) is 1. The number of sulfonamides is 1. The smallest absolute Gasteiger partial charge is 0.264 e. The third-order valence-corrected chi connectivity index (χ3v) is 5.37. The number of hydrogen-bond donors (Lipinski definition) is 1. The average molecular weight is 337 g/mol. The van der Waals surface area contributed by atoms with Crippen molar-refractivity contribution in [1.29, 1.82) is 0 Å². The van der Waals surface area contributed by atoms with E-state index in [1.807, 2.05) is 48.5 Å². The first-order chi connectivity index (χ1) is 11.5. The Hall–Kier alpha value is -2.86. The van der Waals surface area contributed by atoms with Crippen molar-refractivity contribution < 1.29 is 8.42 Å². The maximum atomic E-state index is 12.7. The molecule has 5 nitrogen and oxygen atoms in total.